The fourth-order valence-electron chi connectivity index (χ4n) is 4.18. The van der Waals surface area contributed by atoms with Gasteiger partial charge in [-0.2, -0.15) is 0 Å². The van der Waals surface area contributed by atoms with Gasteiger partial charge in [0.15, 0.2) is 5.13 Å². The van der Waals surface area contributed by atoms with E-state index in [0.717, 1.165) is 51.5 Å². The molecule has 2 N–H and O–H groups in total. The molecule has 10 heteroatoms. The van der Waals surface area contributed by atoms with Gasteiger partial charge in [0.1, 0.15) is 0 Å². The first-order chi connectivity index (χ1) is 16.8. The summed E-state index contributed by atoms with van der Waals surface area (Å²) in [7, 11) is 0. The van der Waals surface area contributed by atoms with Crippen molar-refractivity contribution in [2.75, 3.05) is 44.6 Å². The molecule has 35 heavy (non-hydrogen) atoms. The zero-order chi connectivity index (χ0) is 24.9. The predicted molar refractivity (Wildman–Crippen MR) is 140 cm³/mol. The molecule has 1 aromatic carbocycles. The Kier molecular flexibility index (Phi) is 8.25. The van der Waals surface area contributed by atoms with Crippen LogP contribution < -0.4 is 10.6 Å². The molecule has 4 rings (SSSR count). The van der Waals surface area contributed by atoms with Crippen LogP contribution in [-0.2, 0) is 15.3 Å². The highest BCUT2D eigenvalue weighted by atomic mass is 32.2. The van der Waals surface area contributed by atoms with Crippen LogP contribution in [-0.4, -0.2) is 71.8 Å². The third-order valence-corrected chi connectivity index (χ3v) is 8.59. The van der Waals surface area contributed by atoms with Crippen LogP contribution in [0.15, 0.2) is 34.2 Å². The van der Waals surface area contributed by atoms with Crippen molar-refractivity contribution in [1.29, 1.82) is 0 Å². The third-order valence-electron chi connectivity index (χ3n) is 6.41. The van der Waals surface area contributed by atoms with Gasteiger partial charge in [-0.3, -0.25) is 19.7 Å². The predicted octanol–water partition coefficient (Wildman–Crippen LogP) is 3.21. The average Bonchev–Trinajstić information content (AvgIpc) is 3.32. The Bertz CT molecular complexity index is 1150. The number of carbonyl (C=O) groups is 3. The molecule has 0 atom stereocenters. The summed E-state index contributed by atoms with van der Waals surface area (Å²) in [5.74, 6) is 0.693. The second-order valence-corrected chi connectivity index (χ2v) is 11.1. The van der Waals surface area contributed by atoms with E-state index in [1.807, 2.05) is 30.9 Å². The quantitative estimate of drug-likeness (QED) is 0.576. The van der Waals surface area contributed by atoms with Crippen LogP contribution in [0, 0.1) is 13.8 Å². The second kappa shape index (κ2) is 11.4. The van der Waals surface area contributed by atoms with Gasteiger partial charge in [-0.25, -0.2) is 4.98 Å². The number of nitrogens with zero attached hydrogens (tertiary/aromatic N) is 3. The van der Waals surface area contributed by atoms with Crippen LogP contribution in [0.4, 0.5) is 5.13 Å². The number of piperazine rings is 1. The molecule has 0 spiro atoms. The first-order valence-corrected chi connectivity index (χ1v) is 13.6. The number of rotatable bonds is 6. The van der Waals surface area contributed by atoms with Gasteiger partial charge in [0.2, 0.25) is 5.91 Å². The maximum Gasteiger partial charge on any atom is 0.254 e. The van der Waals surface area contributed by atoms with E-state index in [4.69, 9.17) is 0 Å². The van der Waals surface area contributed by atoms with E-state index in [0.29, 0.717) is 37.1 Å². The summed E-state index contributed by atoms with van der Waals surface area (Å²) in [6.07, 6.45) is 4.42. The van der Waals surface area contributed by atoms with Crippen molar-refractivity contribution >= 4 is 46.0 Å². The highest BCUT2D eigenvalue weighted by Gasteiger charge is 2.25. The highest BCUT2D eigenvalue weighted by molar-refractivity contribution is 8.00. The zero-order valence-electron chi connectivity index (χ0n) is 20.3. The zero-order valence-corrected chi connectivity index (χ0v) is 22.0. The van der Waals surface area contributed by atoms with Crippen LogP contribution in [0.3, 0.4) is 0 Å². The van der Waals surface area contributed by atoms with Crippen molar-refractivity contribution in [2.24, 2.45) is 0 Å². The molecule has 0 unspecified atom stereocenters. The Balaban J connectivity index is 1.38. The number of carbonyl (C=O) groups excluding carboxylic acids is 3. The molecule has 3 heterocycles. The Morgan fingerprint density at radius 3 is 2.57 bits per heavy atom. The Morgan fingerprint density at radius 2 is 1.89 bits per heavy atom. The third kappa shape index (κ3) is 6.31. The SMILES string of the molecule is CC(=O)N1CCN(C(=O)c2cc(CSc3cnc(NC(=O)C4=CCNCC4)s3)cc(C)c2C)CC1. The van der Waals surface area contributed by atoms with Crippen molar-refractivity contribution in [3.63, 3.8) is 0 Å². The normalized spacial score (nSPS) is 16.1. The Labute approximate surface area is 214 Å². The first kappa shape index (κ1) is 25.4. The molecular weight excluding hydrogens is 482 g/mol. The van der Waals surface area contributed by atoms with E-state index in [2.05, 4.69) is 21.7 Å². The second-order valence-electron chi connectivity index (χ2n) is 8.79. The first-order valence-electron chi connectivity index (χ1n) is 11.8. The molecule has 2 aromatic rings. The largest absolute Gasteiger partial charge is 0.339 e. The van der Waals surface area contributed by atoms with Gasteiger partial charge in [0.25, 0.3) is 11.8 Å². The number of thioether (sulfide) groups is 1. The van der Waals surface area contributed by atoms with E-state index >= 15 is 0 Å². The summed E-state index contributed by atoms with van der Waals surface area (Å²) >= 11 is 3.10. The fourth-order valence-corrected chi connectivity index (χ4v) is 5.98. The molecule has 3 amide bonds. The lowest BCUT2D eigenvalue weighted by atomic mass is 9.99. The van der Waals surface area contributed by atoms with E-state index in [1.165, 1.54) is 11.3 Å². The summed E-state index contributed by atoms with van der Waals surface area (Å²) in [5, 5.41) is 6.70. The smallest absolute Gasteiger partial charge is 0.254 e. The van der Waals surface area contributed by atoms with Crippen LogP contribution in [0.25, 0.3) is 0 Å². The van der Waals surface area contributed by atoms with Crippen LogP contribution in [0.5, 0.6) is 0 Å². The van der Waals surface area contributed by atoms with Gasteiger partial charge in [-0.15, -0.1) is 11.8 Å². The van der Waals surface area contributed by atoms with Crippen molar-refractivity contribution in [1.82, 2.24) is 20.1 Å². The monoisotopic (exact) mass is 513 g/mol. The Morgan fingerprint density at radius 1 is 1.14 bits per heavy atom. The minimum atomic E-state index is -0.0844. The summed E-state index contributed by atoms with van der Waals surface area (Å²) in [6.45, 7) is 9.38. The molecule has 2 aliphatic heterocycles. The van der Waals surface area contributed by atoms with Crippen LogP contribution in [0.2, 0.25) is 0 Å². The van der Waals surface area contributed by atoms with Crippen LogP contribution in [0.1, 0.15) is 40.4 Å². The topological polar surface area (TPSA) is 94.6 Å². The number of aromatic nitrogens is 1. The molecule has 0 bridgehead atoms. The standard InChI is InChI=1S/C25H31N5O3S2/c1-16-12-19(13-21(17(16)2)24(33)30-10-8-29(9-11-30)18(3)31)15-34-22-14-27-25(35-22)28-23(32)20-4-6-26-7-5-20/h4,12-14,26H,5-11,15H2,1-3H3,(H,27,28,32). The number of thiazole rings is 1. The number of anilines is 1. The molecule has 8 nitrogen and oxygen atoms in total. The molecule has 186 valence electrons. The number of amides is 3. The average molecular weight is 514 g/mol. The summed E-state index contributed by atoms with van der Waals surface area (Å²) < 4.78 is 1.01. The molecule has 1 fully saturated rings. The van der Waals surface area contributed by atoms with Gasteiger partial charge >= 0.3 is 0 Å². The number of hydrogen-bond acceptors (Lipinski definition) is 7. The number of benzene rings is 1. The van der Waals surface area contributed by atoms with Crippen molar-refractivity contribution in [3.05, 3.63) is 52.2 Å². The lowest BCUT2D eigenvalue weighted by Crippen LogP contribution is -2.50. The molecule has 1 saturated heterocycles. The van der Waals surface area contributed by atoms with Crippen LogP contribution >= 0.6 is 23.1 Å². The van der Waals surface area contributed by atoms with Crippen molar-refractivity contribution in [3.8, 4) is 0 Å². The molecule has 0 aliphatic carbocycles. The van der Waals surface area contributed by atoms with E-state index in [9.17, 15) is 14.4 Å². The highest BCUT2D eigenvalue weighted by Crippen LogP contribution is 2.32. The summed E-state index contributed by atoms with van der Waals surface area (Å²) in [5.41, 5.74) is 4.67. The molecule has 1 aromatic heterocycles. The van der Waals surface area contributed by atoms with E-state index in [1.54, 1.807) is 29.8 Å². The van der Waals surface area contributed by atoms with Gasteiger partial charge in [0, 0.05) is 56.5 Å². The van der Waals surface area contributed by atoms with E-state index < -0.39 is 0 Å². The number of nitrogens with one attached hydrogen (secondary N) is 2. The van der Waals surface area contributed by atoms with E-state index in [-0.39, 0.29) is 17.7 Å². The number of aryl methyl sites for hydroxylation is 1. The fraction of sp³-hybridized carbons (Fsp3) is 0.440. The summed E-state index contributed by atoms with van der Waals surface area (Å²) in [4.78, 5) is 45.3. The molecular formula is C25H31N5O3S2. The maximum atomic E-state index is 13.3. The molecule has 0 radical (unpaired) electrons. The minimum Gasteiger partial charge on any atom is -0.339 e. The van der Waals surface area contributed by atoms with Gasteiger partial charge in [-0.05, 0) is 49.6 Å². The molecule has 2 aliphatic rings. The van der Waals surface area contributed by atoms with Crippen molar-refractivity contribution < 1.29 is 14.4 Å². The molecule has 0 saturated carbocycles. The number of hydrogen-bond donors (Lipinski definition) is 2. The lowest BCUT2D eigenvalue weighted by molar-refractivity contribution is -0.130. The van der Waals surface area contributed by atoms with Crippen molar-refractivity contribution in [2.45, 2.75) is 37.2 Å². The maximum absolute atomic E-state index is 13.3. The lowest BCUT2D eigenvalue weighted by Gasteiger charge is -2.34. The minimum absolute atomic E-state index is 0.0238. The summed E-state index contributed by atoms with van der Waals surface area (Å²) in [6, 6.07) is 4.11. The Hall–Kier alpha value is -2.69. The van der Waals surface area contributed by atoms with Gasteiger partial charge in [-0.1, -0.05) is 23.5 Å². The van der Waals surface area contributed by atoms with Gasteiger partial charge in [0.05, 0.1) is 10.4 Å². The van der Waals surface area contributed by atoms with Gasteiger partial charge < -0.3 is 15.1 Å².